The Labute approximate surface area is 180 Å². The molecule has 2 aromatic carbocycles. The van der Waals surface area contributed by atoms with E-state index in [0.717, 1.165) is 37.5 Å². The van der Waals surface area contributed by atoms with Crippen LogP contribution in [0.25, 0.3) is 15.0 Å². The largest absolute Gasteiger partial charge is 0.442 e. The van der Waals surface area contributed by atoms with Gasteiger partial charge >= 0.3 is 5.97 Å². The molecule has 0 N–H and O–H groups in total. The highest BCUT2D eigenvalue weighted by atomic mass is 32.2. The number of esters is 1. The minimum atomic E-state index is -0.696. The number of carbonyl (C=O) groups excluding carboxylic acids is 1. The van der Waals surface area contributed by atoms with Crippen molar-refractivity contribution in [1.82, 2.24) is 0 Å². The summed E-state index contributed by atoms with van der Waals surface area (Å²) in [6.45, 7) is 0. The van der Waals surface area contributed by atoms with Gasteiger partial charge in [-0.1, -0.05) is 18.1 Å². The molecule has 2 nitrogen and oxygen atoms in total. The Bertz CT molecular complexity index is 1140. The quantitative estimate of drug-likeness (QED) is 0.276. The maximum Gasteiger partial charge on any atom is 0.339 e. The van der Waals surface area contributed by atoms with Gasteiger partial charge in [0.05, 0.1) is 5.56 Å². The SMILES string of the molecule is C#CC1(OC(=O)c2ccc(-[s+]3ccc4ccccc43)cc2)C2CC3CC(C2)CC1C3. The molecule has 1 aromatic heterocycles. The molecule has 4 aliphatic carbocycles. The van der Waals surface area contributed by atoms with Crippen molar-refractivity contribution in [3.05, 3.63) is 65.5 Å². The van der Waals surface area contributed by atoms with Crippen molar-refractivity contribution < 1.29 is 9.53 Å². The van der Waals surface area contributed by atoms with Crippen molar-refractivity contribution in [2.75, 3.05) is 0 Å². The number of rotatable bonds is 3. The number of terminal acetylenes is 1. The molecule has 4 aliphatic rings. The van der Waals surface area contributed by atoms with Crippen LogP contribution >= 0.6 is 10.5 Å². The Kier molecular flexibility index (Phi) is 4.08. The van der Waals surface area contributed by atoms with Gasteiger partial charge < -0.3 is 4.74 Å². The van der Waals surface area contributed by atoms with Crippen LogP contribution in [-0.2, 0) is 4.74 Å². The molecular weight excluding hydrogens is 388 g/mol. The van der Waals surface area contributed by atoms with Gasteiger partial charge in [0, 0.05) is 33.8 Å². The Hall–Kier alpha value is -2.57. The van der Waals surface area contributed by atoms with Gasteiger partial charge in [-0.15, -0.1) is 6.42 Å². The van der Waals surface area contributed by atoms with E-state index in [-0.39, 0.29) is 16.4 Å². The molecule has 7 rings (SSSR count). The van der Waals surface area contributed by atoms with Gasteiger partial charge in [-0.3, -0.25) is 0 Å². The number of benzene rings is 2. The van der Waals surface area contributed by atoms with E-state index in [9.17, 15) is 4.79 Å². The minimum Gasteiger partial charge on any atom is -0.442 e. The monoisotopic (exact) mass is 413 g/mol. The fourth-order valence-electron chi connectivity index (χ4n) is 6.50. The zero-order chi connectivity index (χ0) is 20.3. The molecule has 0 aliphatic heterocycles. The molecule has 3 aromatic rings. The molecule has 0 amide bonds. The average molecular weight is 414 g/mol. The smallest absolute Gasteiger partial charge is 0.339 e. The summed E-state index contributed by atoms with van der Waals surface area (Å²) < 4.78 is 7.53. The van der Waals surface area contributed by atoms with E-state index in [1.54, 1.807) is 0 Å². The van der Waals surface area contributed by atoms with E-state index in [4.69, 9.17) is 11.2 Å². The van der Waals surface area contributed by atoms with Crippen molar-refractivity contribution >= 4 is 26.5 Å². The average Bonchev–Trinajstić information content (AvgIpc) is 3.20. The molecule has 4 bridgehead atoms. The molecule has 4 saturated carbocycles. The number of hydrogen-bond donors (Lipinski definition) is 0. The Morgan fingerprint density at radius 2 is 1.60 bits per heavy atom. The second-order valence-electron chi connectivity index (χ2n) is 9.33. The van der Waals surface area contributed by atoms with Crippen LogP contribution in [0.2, 0.25) is 0 Å². The van der Waals surface area contributed by atoms with E-state index in [1.807, 2.05) is 12.1 Å². The summed E-state index contributed by atoms with van der Waals surface area (Å²) in [5, 5.41) is 3.53. The molecule has 1 unspecified atom stereocenters. The highest BCUT2D eigenvalue weighted by Crippen LogP contribution is 2.59. The van der Waals surface area contributed by atoms with Crippen LogP contribution in [0.15, 0.2) is 60.0 Å². The zero-order valence-electron chi connectivity index (χ0n) is 16.9. The van der Waals surface area contributed by atoms with E-state index in [2.05, 4.69) is 53.8 Å². The third-order valence-corrected chi connectivity index (χ3v) is 9.76. The second kappa shape index (κ2) is 6.72. The lowest BCUT2D eigenvalue weighted by Gasteiger charge is -2.58. The van der Waals surface area contributed by atoms with Gasteiger partial charge in [-0.2, -0.15) is 0 Å². The number of carbonyl (C=O) groups is 1. The molecular formula is C27H25O2S+. The molecule has 0 spiro atoms. The zero-order valence-corrected chi connectivity index (χ0v) is 17.7. The van der Waals surface area contributed by atoms with Gasteiger partial charge in [-0.05, 0) is 80.3 Å². The lowest BCUT2D eigenvalue weighted by molar-refractivity contribution is -0.142. The maximum atomic E-state index is 13.1. The predicted octanol–water partition coefficient (Wildman–Crippen LogP) is 6.56. The topological polar surface area (TPSA) is 26.3 Å². The van der Waals surface area contributed by atoms with Gasteiger partial charge in [-0.25, -0.2) is 4.79 Å². The van der Waals surface area contributed by atoms with E-state index < -0.39 is 5.60 Å². The first-order chi connectivity index (χ1) is 14.7. The van der Waals surface area contributed by atoms with E-state index >= 15 is 0 Å². The normalized spacial score (nSPS) is 32.2. The van der Waals surface area contributed by atoms with Gasteiger partial charge in [0.15, 0.2) is 15.2 Å². The standard InChI is InChI=1S/C27H25O2S/c1-2-27(22-14-18-13-19(16-22)17-23(27)15-18)29-26(28)21-7-9-24(10-8-21)30-12-11-20-5-3-4-6-25(20)30/h1,3-12,18-19,22-23H,13-17H2/q+1. The highest BCUT2D eigenvalue weighted by Gasteiger charge is 2.59. The number of hydrogen-bond acceptors (Lipinski definition) is 2. The molecule has 3 heteroatoms. The van der Waals surface area contributed by atoms with Crippen LogP contribution in [0.4, 0.5) is 0 Å². The Morgan fingerprint density at radius 1 is 0.933 bits per heavy atom. The number of fused-ring (bicyclic) bond motifs is 1. The van der Waals surface area contributed by atoms with E-state index in [0.29, 0.717) is 17.4 Å². The number of thiophene rings is 1. The van der Waals surface area contributed by atoms with Crippen LogP contribution in [0.1, 0.15) is 42.5 Å². The summed E-state index contributed by atoms with van der Waals surface area (Å²) >= 11 is 0. The fourth-order valence-corrected chi connectivity index (χ4v) is 8.39. The third-order valence-electron chi connectivity index (χ3n) is 7.72. The van der Waals surface area contributed by atoms with Crippen molar-refractivity contribution in [1.29, 1.82) is 0 Å². The van der Waals surface area contributed by atoms with Gasteiger partial charge in [0.1, 0.15) is 5.38 Å². The molecule has 30 heavy (non-hydrogen) atoms. The predicted molar refractivity (Wildman–Crippen MR) is 122 cm³/mol. The van der Waals surface area contributed by atoms with Crippen LogP contribution < -0.4 is 0 Å². The first-order valence-electron chi connectivity index (χ1n) is 11.0. The van der Waals surface area contributed by atoms with Crippen molar-refractivity contribution in [3.63, 3.8) is 0 Å². The summed E-state index contributed by atoms with van der Waals surface area (Å²) in [7, 11) is -0.0712. The Morgan fingerprint density at radius 3 is 2.27 bits per heavy atom. The summed E-state index contributed by atoms with van der Waals surface area (Å²) in [6.07, 6.45) is 11.9. The fraction of sp³-hybridized carbons (Fsp3) is 0.370. The van der Waals surface area contributed by atoms with E-state index in [1.165, 1.54) is 21.4 Å². The van der Waals surface area contributed by atoms with Gasteiger partial charge in [0.25, 0.3) is 0 Å². The molecule has 4 fully saturated rings. The van der Waals surface area contributed by atoms with Gasteiger partial charge in [0.2, 0.25) is 0 Å². The first-order valence-corrected chi connectivity index (χ1v) is 12.3. The minimum absolute atomic E-state index is 0.0712. The molecule has 1 heterocycles. The molecule has 150 valence electrons. The summed E-state index contributed by atoms with van der Waals surface area (Å²) in [6, 6.07) is 18.6. The number of ether oxygens (including phenoxy) is 1. The second-order valence-corrected chi connectivity index (χ2v) is 11.2. The van der Waals surface area contributed by atoms with Crippen LogP contribution in [0, 0.1) is 36.0 Å². The summed E-state index contributed by atoms with van der Waals surface area (Å²) in [4.78, 5) is 14.3. The lowest BCUT2D eigenvalue weighted by Crippen LogP contribution is -2.59. The molecule has 1 atom stereocenters. The molecule has 0 saturated heterocycles. The third kappa shape index (κ3) is 2.67. The van der Waals surface area contributed by atoms with Crippen LogP contribution in [-0.4, -0.2) is 11.6 Å². The van der Waals surface area contributed by atoms with Crippen molar-refractivity contribution in [3.8, 4) is 17.2 Å². The summed E-state index contributed by atoms with van der Waals surface area (Å²) in [5.41, 5.74) is -0.0971. The van der Waals surface area contributed by atoms with Crippen molar-refractivity contribution in [2.45, 2.75) is 37.7 Å². The maximum absolute atomic E-state index is 13.1. The van der Waals surface area contributed by atoms with Crippen LogP contribution in [0.3, 0.4) is 0 Å². The first kappa shape index (κ1) is 18.2. The lowest BCUT2D eigenvalue weighted by atomic mass is 9.50. The van der Waals surface area contributed by atoms with Crippen molar-refractivity contribution in [2.24, 2.45) is 23.7 Å². The summed E-state index contributed by atoms with van der Waals surface area (Å²) in [5.74, 6) is 4.96. The molecule has 0 radical (unpaired) electrons. The Balaban J connectivity index is 1.26. The highest BCUT2D eigenvalue weighted by molar-refractivity contribution is 7.43. The van der Waals surface area contributed by atoms with Crippen LogP contribution in [0.5, 0.6) is 0 Å².